The van der Waals surface area contributed by atoms with Crippen molar-refractivity contribution in [2.75, 3.05) is 0 Å². The highest BCUT2D eigenvalue weighted by atomic mass is 32.2. The number of nitrogens with zero attached hydrogens (tertiary/aromatic N) is 2. The number of ether oxygens (including phenoxy) is 1. The summed E-state index contributed by atoms with van der Waals surface area (Å²) >= 11 is 1.14. The van der Waals surface area contributed by atoms with Crippen LogP contribution in [0.2, 0.25) is 0 Å². The van der Waals surface area contributed by atoms with Crippen molar-refractivity contribution in [3.8, 4) is 11.6 Å². The molecular weight excluding hydrogens is 397 g/mol. The molecule has 0 aliphatic heterocycles. The highest BCUT2D eigenvalue weighted by Gasteiger charge is 2.34. The topological polar surface area (TPSA) is 35.0 Å². The number of thioether (sulfide) groups is 1. The predicted octanol–water partition coefficient (Wildman–Crippen LogP) is 7.01. The molecule has 0 amide bonds. The predicted molar refractivity (Wildman–Crippen MR) is 108 cm³/mol. The summed E-state index contributed by atoms with van der Waals surface area (Å²) in [5.41, 5.74) is 2.19. The summed E-state index contributed by atoms with van der Waals surface area (Å²) in [6.07, 6.45) is -4.58. The van der Waals surface area contributed by atoms with Crippen LogP contribution in [0, 0.1) is 6.92 Å². The van der Waals surface area contributed by atoms with Crippen molar-refractivity contribution in [2.45, 2.75) is 43.8 Å². The van der Waals surface area contributed by atoms with Gasteiger partial charge in [-0.1, -0.05) is 67.6 Å². The molecule has 0 aliphatic carbocycles. The fourth-order valence-electron chi connectivity index (χ4n) is 2.54. The van der Waals surface area contributed by atoms with Crippen molar-refractivity contribution in [2.24, 2.45) is 0 Å². The Kier molecular flexibility index (Phi) is 6.47. The van der Waals surface area contributed by atoms with Crippen LogP contribution in [0.3, 0.4) is 0 Å². The van der Waals surface area contributed by atoms with Crippen LogP contribution in [-0.4, -0.2) is 9.97 Å². The molecule has 0 bridgehead atoms. The summed E-state index contributed by atoms with van der Waals surface area (Å²) in [6.45, 7) is 6.10. The van der Waals surface area contributed by atoms with Crippen LogP contribution in [0.1, 0.15) is 42.1 Å². The van der Waals surface area contributed by atoms with Gasteiger partial charge in [-0.15, -0.1) is 0 Å². The quantitative estimate of drug-likeness (QED) is 0.318. The molecule has 3 aromatic rings. The second kappa shape index (κ2) is 8.86. The highest BCUT2D eigenvalue weighted by molar-refractivity contribution is 7.98. The molecule has 3 rings (SSSR count). The smallest absolute Gasteiger partial charge is 0.433 e. The molecule has 0 N–H and O–H groups in total. The van der Waals surface area contributed by atoms with Crippen molar-refractivity contribution >= 4 is 11.8 Å². The van der Waals surface area contributed by atoms with Gasteiger partial charge in [-0.3, -0.25) is 0 Å². The zero-order valence-electron chi connectivity index (χ0n) is 16.3. The molecule has 0 saturated heterocycles. The molecular formula is C22H21F3N2OS. The number of hydrogen-bond acceptors (Lipinski definition) is 4. The molecule has 0 fully saturated rings. The first kappa shape index (κ1) is 21.2. The van der Waals surface area contributed by atoms with Gasteiger partial charge in [-0.25, -0.2) is 4.98 Å². The Labute approximate surface area is 172 Å². The maximum absolute atomic E-state index is 13.3. The van der Waals surface area contributed by atoms with Gasteiger partial charge in [0.2, 0.25) is 5.88 Å². The summed E-state index contributed by atoms with van der Waals surface area (Å²) in [7, 11) is 0. The molecule has 0 saturated carbocycles. The number of halogens is 3. The van der Waals surface area contributed by atoms with Gasteiger partial charge in [0.05, 0.1) is 0 Å². The monoisotopic (exact) mass is 418 g/mol. The lowest BCUT2D eigenvalue weighted by Gasteiger charge is -2.12. The molecule has 3 nitrogen and oxygen atoms in total. The fraction of sp³-hybridized carbons (Fsp3) is 0.273. The minimum absolute atomic E-state index is 0.0224. The van der Waals surface area contributed by atoms with E-state index in [9.17, 15) is 13.2 Å². The average Bonchev–Trinajstić information content (AvgIpc) is 2.67. The third-order valence-electron chi connectivity index (χ3n) is 4.23. The highest BCUT2D eigenvalue weighted by Crippen LogP contribution is 2.33. The Balaban J connectivity index is 1.82. The number of aryl methyl sites for hydroxylation is 1. The molecule has 0 spiro atoms. The van der Waals surface area contributed by atoms with Crippen LogP contribution in [-0.2, 0) is 11.9 Å². The van der Waals surface area contributed by atoms with Gasteiger partial charge in [-0.2, -0.15) is 18.2 Å². The van der Waals surface area contributed by atoms with Crippen molar-refractivity contribution in [3.63, 3.8) is 0 Å². The summed E-state index contributed by atoms with van der Waals surface area (Å²) in [5, 5.41) is 0.0224. The van der Waals surface area contributed by atoms with Crippen LogP contribution in [0.25, 0.3) is 0 Å². The first-order valence-electron chi connectivity index (χ1n) is 9.13. The standard InChI is InChI=1S/C22H21F3N2OS/c1-14(2)17-8-10-18(11-9-17)28-20-12-19(22(23,24)25)26-21(27-20)29-13-16-6-4-15(3)5-7-16/h4-12,14H,13H2,1-3H3. The molecule has 1 aromatic heterocycles. The van der Waals surface area contributed by atoms with E-state index in [-0.39, 0.29) is 11.0 Å². The van der Waals surface area contributed by atoms with Gasteiger partial charge in [-0.05, 0) is 36.1 Å². The van der Waals surface area contributed by atoms with E-state index >= 15 is 0 Å². The molecule has 1 heterocycles. The van der Waals surface area contributed by atoms with Crippen LogP contribution < -0.4 is 4.74 Å². The molecule has 0 atom stereocenters. The van der Waals surface area contributed by atoms with E-state index in [0.29, 0.717) is 17.4 Å². The zero-order valence-corrected chi connectivity index (χ0v) is 17.1. The normalized spacial score (nSPS) is 11.7. The number of aromatic nitrogens is 2. The number of benzene rings is 2. The summed E-state index contributed by atoms with van der Waals surface area (Å²) in [6, 6.07) is 15.8. The molecule has 0 radical (unpaired) electrons. The van der Waals surface area contributed by atoms with Crippen LogP contribution in [0.5, 0.6) is 11.6 Å². The lowest BCUT2D eigenvalue weighted by Crippen LogP contribution is -2.10. The third kappa shape index (κ3) is 5.97. The van der Waals surface area contributed by atoms with Crippen molar-refractivity contribution in [3.05, 3.63) is 77.0 Å². The summed E-state index contributed by atoms with van der Waals surface area (Å²) in [4.78, 5) is 7.83. The van der Waals surface area contributed by atoms with Gasteiger partial charge in [0.15, 0.2) is 10.9 Å². The first-order chi connectivity index (χ1) is 13.7. The summed E-state index contributed by atoms with van der Waals surface area (Å²) in [5.74, 6) is 1.11. The lowest BCUT2D eigenvalue weighted by atomic mass is 10.0. The molecule has 29 heavy (non-hydrogen) atoms. The maximum atomic E-state index is 13.3. The molecule has 2 aromatic carbocycles. The van der Waals surface area contributed by atoms with Crippen molar-refractivity contribution in [1.82, 2.24) is 9.97 Å². The minimum atomic E-state index is -4.58. The van der Waals surface area contributed by atoms with E-state index in [4.69, 9.17) is 4.74 Å². The Morgan fingerprint density at radius 2 is 1.62 bits per heavy atom. The number of rotatable bonds is 6. The Morgan fingerprint density at radius 1 is 0.966 bits per heavy atom. The largest absolute Gasteiger partial charge is 0.439 e. The molecule has 152 valence electrons. The SMILES string of the molecule is Cc1ccc(CSc2nc(Oc3ccc(C(C)C)cc3)cc(C(F)(F)F)n2)cc1. The van der Waals surface area contributed by atoms with E-state index in [1.54, 1.807) is 12.1 Å². The van der Waals surface area contributed by atoms with E-state index < -0.39 is 11.9 Å². The average molecular weight is 418 g/mol. The van der Waals surface area contributed by atoms with Gasteiger partial charge < -0.3 is 4.74 Å². The summed E-state index contributed by atoms with van der Waals surface area (Å²) < 4.78 is 45.4. The van der Waals surface area contributed by atoms with Crippen LogP contribution in [0.15, 0.2) is 59.8 Å². The Bertz CT molecular complexity index is 955. The fourth-order valence-corrected chi connectivity index (χ4v) is 3.35. The van der Waals surface area contributed by atoms with Crippen LogP contribution >= 0.6 is 11.8 Å². The van der Waals surface area contributed by atoms with E-state index in [2.05, 4.69) is 23.8 Å². The molecule has 0 unspecified atom stereocenters. The van der Waals surface area contributed by atoms with E-state index in [1.165, 1.54) is 0 Å². The van der Waals surface area contributed by atoms with Gasteiger partial charge in [0.25, 0.3) is 0 Å². The number of hydrogen-bond donors (Lipinski definition) is 0. The Morgan fingerprint density at radius 3 is 2.21 bits per heavy atom. The van der Waals surface area contributed by atoms with Crippen molar-refractivity contribution < 1.29 is 17.9 Å². The second-order valence-corrected chi connectivity index (χ2v) is 7.91. The van der Waals surface area contributed by atoms with Gasteiger partial charge >= 0.3 is 6.18 Å². The van der Waals surface area contributed by atoms with Crippen molar-refractivity contribution in [1.29, 1.82) is 0 Å². The van der Waals surface area contributed by atoms with E-state index in [0.717, 1.165) is 34.5 Å². The maximum Gasteiger partial charge on any atom is 0.433 e. The minimum Gasteiger partial charge on any atom is -0.439 e. The van der Waals surface area contributed by atoms with E-state index in [1.807, 2.05) is 43.3 Å². The third-order valence-corrected chi connectivity index (χ3v) is 5.15. The zero-order chi connectivity index (χ0) is 21.0. The molecule has 7 heteroatoms. The molecule has 0 aliphatic rings. The first-order valence-corrected chi connectivity index (χ1v) is 10.1. The second-order valence-electron chi connectivity index (χ2n) is 6.97. The Hall–Kier alpha value is -2.54. The van der Waals surface area contributed by atoms with Gasteiger partial charge in [0.1, 0.15) is 5.75 Å². The van der Waals surface area contributed by atoms with Crippen LogP contribution in [0.4, 0.5) is 13.2 Å². The number of alkyl halides is 3. The lowest BCUT2D eigenvalue weighted by molar-refractivity contribution is -0.141. The van der Waals surface area contributed by atoms with Gasteiger partial charge in [0, 0.05) is 11.8 Å².